The highest BCUT2D eigenvalue weighted by Crippen LogP contribution is 2.40. The molecule has 0 bridgehead atoms. The fourth-order valence-electron chi connectivity index (χ4n) is 7.07. The number of hydrogen-bond acceptors (Lipinski definition) is 8. The normalized spacial score (nSPS) is 18.6. The number of fused-ring (bicyclic) bond motifs is 6. The number of nitrogens with zero attached hydrogens (tertiary/aromatic N) is 4. The molecule has 0 spiro atoms. The Morgan fingerprint density at radius 1 is 0.612 bits per heavy atom. The predicted octanol–water partition coefficient (Wildman–Crippen LogP) is 6.12. The van der Waals surface area contributed by atoms with Crippen LogP contribution in [0.1, 0.15) is 49.4 Å². The topological polar surface area (TPSA) is 102 Å². The second-order valence-corrected chi connectivity index (χ2v) is 12.6. The van der Waals surface area contributed by atoms with Crippen LogP contribution in [0.25, 0.3) is 0 Å². The van der Waals surface area contributed by atoms with Gasteiger partial charge in [0.1, 0.15) is 0 Å². The summed E-state index contributed by atoms with van der Waals surface area (Å²) in [6.07, 6.45) is 5.73. The van der Waals surface area contributed by atoms with Crippen LogP contribution in [0.2, 0.25) is 0 Å². The summed E-state index contributed by atoms with van der Waals surface area (Å²) < 4.78 is 23.5. The first-order chi connectivity index (χ1) is 24.0. The molecule has 10 heteroatoms. The average molecular weight is 657 g/mol. The molecule has 248 valence electrons. The lowest BCUT2D eigenvalue weighted by Crippen LogP contribution is -2.44. The van der Waals surface area contributed by atoms with E-state index < -0.39 is 0 Å². The van der Waals surface area contributed by atoms with Gasteiger partial charge < -0.3 is 28.7 Å². The molecule has 0 saturated carbocycles. The van der Waals surface area contributed by atoms with Crippen molar-refractivity contribution in [3.8, 4) is 23.0 Å². The minimum absolute atomic E-state index is 0.0768. The Balaban J connectivity index is 0.933. The van der Waals surface area contributed by atoms with Crippen LogP contribution < -0.4 is 18.9 Å². The van der Waals surface area contributed by atoms with E-state index in [4.69, 9.17) is 28.9 Å². The zero-order chi connectivity index (χ0) is 33.5. The first-order valence-corrected chi connectivity index (χ1v) is 16.5. The number of rotatable bonds is 8. The van der Waals surface area contributed by atoms with Crippen molar-refractivity contribution >= 4 is 35.6 Å². The van der Waals surface area contributed by atoms with Crippen LogP contribution in [0.3, 0.4) is 0 Å². The fourth-order valence-corrected chi connectivity index (χ4v) is 7.07. The monoisotopic (exact) mass is 656 g/mol. The second kappa shape index (κ2) is 12.8. The van der Waals surface area contributed by atoms with Gasteiger partial charge in [-0.2, -0.15) is 0 Å². The summed E-state index contributed by atoms with van der Waals surface area (Å²) in [5.74, 6) is 1.79. The molecule has 8 rings (SSSR count). The Hall–Kier alpha value is -5.64. The summed E-state index contributed by atoms with van der Waals surface area (Å²) in [5, 5.41) is 0. The molecular formula is C39H36N4O6. The number of benzene rings is 4. The maximum absolute atomic E-state index is 13.7. The van der Waals surface area contributed by atoms with Gasteiger partial charge in [-0.1, -0.05) is 48.5 Å². The Kier molecular flexibility index (Phi) is 7.99. The molecule has 4 aromatic carbocycles. The summed E-state index contributed by atoms with van der Waals surface area (Å²) in [7, 11) is 3.12. The van der Waals surface area contributed by atoms with Crippen molar-refractivity contribution in [1.82, 2.24) is 9.80 Å². The average Bonchev–Trinajstić information content (AvgIpc) is 3.35. The molecule has 0 aliphatic carbocycles. The number of carbonyl (C=O) groups is 2. The van der Waals surface area contributed by atoms with Gasteiger partial charge in [0, 0.05) is 44.1 Å². The molecule has 2 atom stereocenters. The number of ether oxygens (including phenoxy) is 4. The number of hydrogen-bond donors (Lipinski definition) is 0. The standard InChI is InChI=1S/C39H36N4O6/c1-46-34-16-30-32(40-20-28-14-24-8-3-5-10-26(24)22-42(28)38(30)44)18-36(34)48-12-7-13-49-37-19-33-31(17-35(37)47-2)39(45)43-23-27-11-6-4-9-25(27)15-29(43)21-41-33/h3-6,8-11,16-21,28-29H,7,12-15,22-23H2,1-2H3/t28-,29?/m1/s1. The maximum atomic E-state index is 13.7. The zero-order valence-electron chi connectivity index (χ0n) is 27.4. The van der Waals surface area contributed by atoms with Crippen LogP contribution in [-0.4, -0.2) is 73.6 Å². The first-order valence-electron chi connectivity index (χ1n) is 16.5. The van der Waals surface area contributed by atoms with E-state index in [9.17, 15) is 9.59 Å². The van der Waals surface area contributed by atoms with E-state index in [1.165, 1.54) is 11.1 Å². The predicted molar refractivity (Wildman–Crippen MR) is 186 cm³/mol. The largest absolute Gasteiger partial charge is 0.493 e. The Morgan fingerprint density at radius 3 is 1.47 bits per heavy atom. The second-order valence-electron chi connectivity index (χ2n) is 12.6. The van der Waals surface area contributed by atoms with Gasteiger partial charge in [-0.15, -0.1) is 0 Å². The Morgan fingerprint density at radius 2 is 1.04 bits per heavy atom. The van der Waals surface area contributed by atoms with Crippen LogP contribution in [0.15, 0.2) is 82.8 Å². The lowest BCUT2D eigenvalue weighted by Gasteiger charge is -2.34. The van der Waals surface area contributed by atoms with Crippen LogP contribution >= 0.6 is 0 Å². The number of methoxy groups -OCH3 is 2. The highest BCUT2D eigenvalue weighted by atomic mass is 16.5. The fraction of sp³-hybridized carbons (Fsp3) is 0.282. The van der Waals surface area contributed by atoms with Crippen molar-refractivity contribution in [3.63, 3.8) is 0 Å². The number of amides is 2. The molecule has 4 aliphatic rings. The third-order valence-electron chi connectivity index (χ3n) is 9.70. The molecule has 4 heterocycles. The Bertz CT molecular complexity index is 1880. The lowest BCUT2D eigenvalue weighted by atomic mass is 9.94. The van der Waals surface area contributed by atoms with E-state index in [0.29, 0.717) is 78.2 Å². The summed E-state index contributed by atoms with van der Waals surface area (Å²) in [4.78, 5) is 40.5. The lowest BCUT2D eigenvalue weighted by molar-refractivity contribution is 0.0696. The molecule has 10 nitrogen and oxygen atoms in total. The van der Waals surface area contributed by atoms with Gasteiger partial charge in [0.05, 0.1) is 62.0 Å². The van der Waals surface area contributed by atoms with Gasteiger partial charge in [-0.3, -0.25) is 19.6 Å². The van der Waals surface area contributed by atoms with Gasteiger partial charge in [0.25, 0.3) is 11.8 Å². The van der Waals surface area contributed by atoms with Crippen molar-refractivity contribution in [1.29, 1.82) is 0 Å². The summed E-state index contributed by atoms with van der Waals surface area (Å²) in [6, 6.07) is 23.2. The van der Waals surface area contributed by atoms with Crippen molar-refractivity contribution in [2.45, 2.75) is 44.4 Å². The van der Waals surface area contributed by atoms with Gasteiger partial charge in [-0.25, -0.2) is 0 Å². The molecule has 0 N–H and O–H groups in total. The third kappa shape index (κ3) is 5.67. The molecule has 1 unspecified atom stereocenters. The van der Waals surface area contributed by atoms with Crippen molar-refractivity contribution in [2.75, 3.05) is 27.4 Å². The molecular weight excluding hydrogens is 620 g/mol. The van der Waals surface area contributed by atoms with Gasteiger partial charge in [-0.05, 0) is 47.2 Å². The molecule has 2 amide bonds. The van der Waals surface area contributed by atoms with Gasteiger partial charge in [0.2, 0.25) is 0 Å². The molecule has 0 saturated heterocycles. The molecule has 4 aliphatic heterocycles. The number of carbonyl (C=O) groups excluding carboxylic acids is 2. The molecule has 0 radical (unpaired) electrons. The van der Waals surface area contributed by atoms with Crippen LogP contribution in [0.5, 0.6) is 23.0 Å². The van der Waals surface area contributed by atoms with Crippen LogP contribution in [0, 0.1) is 0 Å². The van der Waals surface area contributed by atoms with Crippen molar-refractivity contribution in [2.24, 2.45) is 9.98 Å². The molecule has 49 heavy (non-hydrogen) atoms. The van der Waals surface area contributed by atoms with Gasteiger partial charge in [0.15, 0.2) is 23.0 Å². The molecule has 0 aromatic heterocycles. The van der Waals surface area contributed by atoms with Crippen LogP contribution in [0.4, 0.5) is 11.4 Å². The zero-order valence-corrected chi connectivity index (χ0v) is 27.4. The summed E-state index contributed by atoms with van der Waals surface area (Å²) in [5.41, 5.74) is 6.88. The van der Waals surface area contributed by atoms with Crippen molar-refractivity contribution in [3.05, 3.63) is 106 Å². The maximum Gasteiger partial charge on any atom is 0.257 e. The minimum Gasteiger partial charge on any atom is -0.493 e. The Labute approximate surface area is 284 Å². The molecule has 0 fully saturated rings. The van der Waals surface area contributed by atoms with Gasteiger partial charge >= 0.3 is 0 Å². The minimum atomic E-state index is -0.116. The van der Waals surface area contributed by atoms with E-state index in [2.05, 4.69) is 24.3 Å². The van der Waals surface area contributed by atoms with E-state index in [-0.39, 0.29) is 23.9 Å². The smallest absolute Gasteiger partial charge is 0.257 e. The van der Waals surface area contributed by atoms with E-state index in [1.54, 1.807) is 38.5 Å². The quantitative estimate of drug-likeness (QED) is 0.212. The van der Waals surface area contributed by atoms with E-state index in [1.807, 2.05) is 46.5 Å². The van der Waals surface area contributed by atoms with Crippen LogP contribution in [-0.2, 0) is 25.9 Å². The highest BCUT2D eigenvalue weighted by molar-refractivity contribution is 6.04. The number of aliphatic imine (C=N–C) groups is 2. The van der Waals surface area contributed by atoms with Crippen molar-refractivity contribution < 1.29 is 28.5 Å². The third-order valence-corrected chi connectivity index (χ3v) is 9.70. The SMILES string of the molecule is COc1cc2c(cc1OCCCOc1cc3c(cc1OC)C(=O)N1Cc4ccccc4C[C@@H]1C=N3)N=CC1Cc3ccccc3CN1C2=O. The van der Waals surface area contributed by atoms with E-state index >= 15 is 0 Å². The first kappa shape index (κ1) is 30.7. The molecule has 4 aromatic rings. The summed E-state index contributed by atoms with van der Waals surface area (Å²) in [6.45, 7) is 1.74. The highest BCUT2D eigenvalue weighted by Gasteiger charge is 2.34. The van der Waals surface area contributed by atoms with E-state index in [0.717, 1.165) is 24.0 Å². The summed E-state index contributed by atoms with van der Waals surface area (Å²) >= 11 is 0.